The molecule has 1 heterocycles. The minimum Gasteiger partial charge on any atom is -0.453 e. The lowest BCUT2D eigenvalue weighted by atomic mass is 9.87. The zero-order valence-electron chi connectivity index (χ0n) is 14.6. The fourth-order valence-electron chi connectivity index (χ4n) is 2.13. The molecule has 2 amide bonds. The summed E-state index contributed by atoms with van der Waals surface area (Å²) in [6.45, 7) is 8.10. The number of benzene rings is 1. The standard InChI is InChI=1S/C17H23N3O4/c1-10(19-16(22)23-5)15(21)18-9-14-20-12-8-11(17(2,3)4)6-7-13(12)24-14/h6-8,10H,9H2,1-5H3,(H,18,21)(H,19,22)/t10-/m1/s1. The molecule has 2 N–H and O–H groups in total. The van der Waals surface area contributed by atoms with Crippen LogP contribution in [0.15, 0.2) is 22.6 Å². The molecule has 0 aliphatic rings. The van der Waals surface area contributed by atoms with Crippen LogP contribution in [-0.4, -0.2) is 30.1 Å². The van der Waals surface area contributed by atoms with Crippen LogP contribution in [0, 0.1) is 0 Å². The summed E-state index contributed by atoms with van der Waals surface area (Å²) < 4.78 is 10.1. The van der Waals surface area contributed by atoms with E-state index in [9.17, 15) is 9.59 Å². The summed E-state index contributed by atoms with van der Waals surface area (Å²) in [6.07, 6.45) is -0.658. The Kier molecular flexibility index (Phi) is 5.11. The van der Waals surface area contributed by atoms with Crippen LogP contribution in [0.4, 0.5) is 4.79 Å². The molecule has 1 aromatic heterocycles. The van der Waals surface area contributed by atoms with Gasteiger partial charge in [0.1, 0.15) is 11.6 Å². The van der Waals surface area contributed by atoms with E-state index in [4.69, 9.17) is 4.42 Å². The van der Waals surface area contributed by atoms with Crippen molar-refractivity contribution >= 4 is 23.1 Å². The normalized spacial score (nSPS) is 12.7. The molecule has 24 heavy (non-hydrogen) atoms. The average molecular weight is 333 g/mol. The van der Waals surface area contributed by atoms with Crippen LogP contribution in [0.3, 0.4) is 0 Å². The minimum atomic E-state index is -0.714. The summed E-state index contributed by atoms with van der Waals surface area (Å²) in [5.41, 5.74) is 2.62. The van der Waals surface area contributed by atoms with Gasteiger partial charge in [-0.3, -0.25) is 4.79 Å². The minimum absolute atomic E-state index is 0.0243. The van der Waals surface area contributed by atoms with Gasteiger partial charge in [0.15, 0.2) is 5.58 Å². The zero-order chi connectivity index (χ0) is 17.9. The van der Waals surface area contributed by atoms with E-state index in [1.165, 1.54) is 7.11 Å². The van der Waals surface area contributed by atoms with E-state index in [2.05, 4.69) is 41.1 Å². The number of hydrogen-bond acceptors (Lipinski definition) is 5. The molecule has 0 saturated heterocycles. The lowest BCUT2D eigenvalue weighted by Crippen LogP contribution is -2.44. The van der Waals surface area contributed by atoms with Gasteiger partial charge in [0.05, 0.1) is 13.7 Å². The van der Waals surface area contributed by atoms with Gasteiger partial charge in [0.2, 0.25) is 11.8 Å². The Bertz CT molecular complexity index is 746. The molecule has 7 nitrogen and oxygen atoms in total. The number of oxazole rings is 1. The van der Waals surface area contributed by atoms with E-state index in [0.29, 0.717) is 11.5 Å². The number of carbonyl (C=O) groups is 2. The third-order valence-electron chi connectivity index (χ3n) is 3.62. The summed E-state index contributed by atoms with van der Waals surface area (Å²) in [5.74, 6) is 0.0627. The number of nitrogens with zero attached hydrogens (tertiary/aromatic N) is 1. The number of aromatic nitrogens is 1. The van der Waals surface area contributed by atoms with E-state index in [-0.39, 0.29) is 17.9 Å². The van der Waals surface area contributed by atoms with E-state index in [1.807, 2.05) is 18.2 Å². The van der Waals surface area contributed by atoms with Crippen molar-refractivity contribution < 1.29 is 18.7 Å². The Hall–Kier alpha value is -2.57. The highest BCUT2D eigenvalue weighted by molar-refractivity contribution is 5.85. The molecule has 7 heteroatoms. The molecule has 0 spiro atoms. The molecule has 0 bridgehead atoms. The second kappa shape index (κ2) is 6.90. The van der Waals surface area contributed by atoms with Gasteiger partial charge in [-0.1, -0.05) is 26.8 Å². The third-order valence-corrected chi connectivity index (χ3v) is 3.62. The molecular weight excluding hydrogens is 310 g/mol. The van der Waals surface area contributed by atoms with Crippen LogP contribution < -0.4 is 10.6 Å². The Morgan fingerprint density at radius 2 is 2.04 bits per heavy atom. The first-order valence-electron chi connectivity index (χ1n) is 7.73. The van der Waals surface area contributed by atoms with Crippen molar-refractivity contribution in [1.82, 2.24) is 15.6 Å². The maximum atomic E-state index is 11.9. The number of rotatable bonds is 4. The molecule has 130 valence electrons. The predicted octanol–water partition coefficient (Wildman–Crippen LogP) is 2.49. The van der Waals surface area contributed by atoms with Crippen LogP contribution in [0.1, 0.15) is 39.1 Å². The first-order chi connectivity index (χ1) is 11.2. The first kappa shape index (κ1) is 17.8. The molecule has 0 aliphatic carbocycles. The smallest absolute Gasteiger partial charge is 0.407 e. The van der Waals surface area contributed by atoms with Gasteiger partial charge in [-0.2, -0.15) is 0 Å². The van der Waals surface area contributed by atoms with E-state index in [0.717, 1.165) is 11.1 Å². The van der Waals surface area contributed by atoms with Crippen molar-refractivity contribution in [2.75, 3.05) is 7.11 Å². The average Bonchev–Trinajstić information content (AvgIpc) is 2.93. The largest absolute Gasteiger partial charge is 0.453 e. The molecular formula is C17H23N3O4. The lowest BCUT2D eigenvalue weighted by Gasteiger charge is -2.18. The van der Waals surface area contributed by atoms with Gasteiger partial charge in [-0.15, -0.1) is 0 Å². The number of ether oxygens (including phenoxy) is 1. The van der Waals surface area contributed by atoms with Crippen molar-refractivity contribution in [3.05, 3.63) is 29.7 Å². The molecule has 0 radical (unpaired) electrons. The number of carbonyl (C=O) groups excluding carboxylic acids is 2. The Labute approximate surface area is 140 Å². The predicted molar refractivity (Wildman–Crippen MR) is 89.6 cm³/mol. The quantitative estimate of drug-likeness (QED) is 0.896. The molecule has 0 saturated carbocycles. The zero-order valence-corrected chi connectivity index (χ0v) is 14.6. The topological polar surface area (TPSA) is 93.5 Å². The maximum Gasteiger partial charge on any atom is 0.407 e. The number of amides is 2. The van der Waals surface area contributed by atoms with Gasteiger partial charge >= 0.3 is 6.09 Å². The maximum absolute atomic E-state index is 11.9. The Morgan fingerprint density at radius 1 is 1.33 bits per heavy atom. The van der Waals surface area contributed by atoms with Crippen molar-refractivity contribution in [3.63, 3.8) is 0 Å². The second-order valence-corrected chi connectivity index (χ2v) is 6.62. The van der Waals surface area contributed by atoms with Gasteiger partial charge in [-0.05, 0) is 30.0 Å². The van der Waals surface area contributed by atoms with Gasteiger partial charge < -0.3 is 19.8 Å². The van der Waals surface area contributed by atoms with Crippen molar-refractivity contribution in [1.29, 1.82) is 0 Å². The monoisotopic (exact) mass is 333 g/mol. The highest BCUT2D eigenvalue weighted by Gasteiger charge is 2.18. The Balaban J connectivity index is 2.03. The van der Waals surface area contributed by atoms with Crippen LogP contribution in [0.5, 0.6) is 0 Å². The number of alkyl carbamates (subject to hydrolysis) is 1. The van der Waals surface area contributed by atoms with Gasteiger partial charge in [-0.25, -0.2) is 9.78 Å². The molecule has 0 aliphatic heterocycles. The molecule has 1 atom stereocenters. The summed E-state index contributed by atoms with van der Waals surface area (Å²) in [5, 5.41) is 5.06. The van der Waals surface area contributed by atoms with E-state index in [1.54, 1.807) is 6.92 Å². The molecule has 1 aromatic carbocycles. The fourth-order valence-corrected chi connectivity index (χ4v) is 2.13. The number of fused-ring (bicyclic) bond motifs is 1. The first-order valence-corrected chi connectivity index (χ1v) is 7.73. The van der Waals surface area contributed by atoms with Crippen molar-refractivity contribution in [2.24, 2.45) is 0 Å². The molecule has 0 unspecified atom stereocenters. The van der Waals surface area contributed by atoms with Crippen LogP contribution in [0.2, 0.25) is 0 Å². The fraction of sp³-hybridized carbons (Fsp3) is 0.471. The molecule has 2 rings (SSSR count). The van der Waals surface area contributed by atoms with Crippen LogP contribution in [-0.2, 0) is 21.5 Å². The summed E-state index contributed by atoms with van der Waals surface area (Å²) in [4.78, 5) is 27.4. The third kappa shape index (κ3) is 4.24. The van der Waals surface area contributed by atoms with Crippen molar-refractivity contribution in [2.45, 2.75) is 45.7 Å². The number of hydrogen-bond donors (Lipinski definition) is 2. The van der Waals surface area contributed by atoms with Crippen LogP contribution >= 0.6 is 0 Å². The lowest BCUT2D eigenvalue weighted by molar-refractivity contribution is -0.122. The highest BCUT2D eigenvalue weighted by Crippen LogP contribution is 2.26. The summed E-state index contributed by atoms with van der Waals surface area (Å²) in [7, 11) is 1.24. The SMILES string of the molecule is COC(=O)N[C@H](C)C(=O)NCc1nc2cc(C(C)(C)C)ccc2o1. The summed E-state index contributed by atoms with van der Waals surface area (Å²) >= 11 is 0. The highest BCUT2D eigenvalue weighted by atomic mass is 16.5. The second-order valence-electron chi connectivity index (χ2n) is 6.62. The number of nitrogens with one attached hydrogen (secondary N) is 2. The van der Waals surface area contributed by atoms with E-state index < -0.39 is 12.1 Å². The molecule has 2 aromatic rings. The molecule has 0 fully saturated rings. The van der Waals surface area contributed by atoms with Crippen molar-refractivity contribution in [3.8, 4) is 0 Å². The van der Waals surface area contributed by atoms with Crippen LogP contribution in [0.25, 0.3) is 11.1 Å². The van der Waals surface area contributed by atoms with Gasteiger partial charge in [0, 0.05) is 0 Å². The summed E-state index contributed by atoms with van der Waals surface area (Å²) in [6, 6.07) is 5.17. The van der Waals surface area contributed by atoms with E-state index >= 15 is 0 Å². The van der Waals surface area contributed by atoms with Gasteiger partial charge in [0.25, 0.3) is 0 Å². The number of methoxy groups -OCH3 is 1. The Morgan fingerprint density at radius 3 is 2.67 bits per heavy atom.